The molecule has 1 unspecified atom stereocenters. The third-order valence-electron chi connectivity index (χ3n) is 10.8. The maximum Gasteiger partial charge on any atom is 0.245 e. The fourth-order valence-electron chi connectivity index (χ4n) is 7.65. The van der Waals surface area contributed by atoms with E-state index in [0.717, 1.165) is 12.8 Å². The van der Waals surface area contributed by atoms with E-state index >= 15 is 0 Å². The number of amides is 4. The van der Waals surface area contributed by atoms with E-state index < -0.39 is 48.4 Å². The summed E-state index contributed by atoms with van der Waals surface area (Å²) in [5.74, 6) is -1.26. The van der Waals surface area contributed by atoms with Gasteiger partial charge in [-0.25, -0.2) is 0 Å². The molecular weight excluding hydrogens is 662 g/mol. The molecule has 1 heterocycles. The molecule has 4 amide bonds. The molecule has 4 N–H and O–H groups in total. The predicted molar refractivity (Wildman–Crippen MR) is 204 cm³/mol. The van der Waals surface area contributed by atoms with Crippen molar-refractivity contribution in [3.63, 3.8) is 0 Å². The summed E-state index contributed by atoms with van der Waals surface area (Å²) in [6.45, 7) is 16.1. The smallest absolute Gasteiger partial charge is 0.245 e. The van der Waals surface area contributed by atoms with Crippen molar-refractivity contribution in [2.75, 3.05) is 34.9 Å². The van der Waals surface area contributed by atoms with Crippen LogP contribution in [0.5, 0.6) is 0 Å². The van der Waals surface area contributed by atoms with Crippen molar-refractivity contribution in [1.29, 1.82) is 0 Å². The van der Waals surface area contributed by atoms with E-state index in [1.807, 2.05) is 71.9 Å². The van der Waals surface area contributed by atoms with E-state index in [0.29, 0.717) is 24.9 Å². The molecule has 0 aliphatic carbocycles. The van der Waals surface area contributed by atoms with Crippen LogP contribution in [0.3, 0.4) is 0 Å². The fourth-order valence-corrected chi connectivity index (χ4v) is 7.65. The van der Waals surface area contributed by atoms with E-state index in [1.54, 1.807) is 52.0 Å². The van der Waals surface area contributed by atoms with Crippen LogP contribution in [0.15, 0.2) is 30.3 Å². The molecule has 0 aromatic heterocycles. The lowest BCUT2D eigenvalue weighted by Crippen LogP contribution is -2.58. The largest absolute Gasteiger partial charge is 0.386 e. The summed E-state index contributed by atoms with van der Waals surface area (Å²) in [6.07, 6.45) is 0.624. The number of aliphatic hydroxyl groups excluding tert-OH is 1. The molecule has 0 saturated carbocycles. The van der Waals surface area contributed by atoms with Crippen LogP contribution < -0.4 is 16.0 Å². The lowest BCUT2D eigenvalue weighted by molar-refractivity contribution is -0.147. The summed E-state index contributed by atoms with van der Waals surface area (Å²) in [7, 11) is 6.60. The van der Waals surface area contributed by atoms with Crippen LogP contribution in [0.2, 0.25) is 0 Å². The Labute approximate surface area is 313 Å². The molecule has 2 rings (SSSR count). The molecule has 0 bridgehead atoms. The number of aliphatic hydroxyl groups is 1. The molecule has 1 aliphatic heterocycles. The number of benzene rings is 1. The van der Waals surface area contributed by atoms with E-state index in [4.69, 9.17) is 9.47 Å². The molecular formula is C40H69N5O7. The maximum atomic E-state index is 14.2. The minimum Gasteiger partial charge on any atom is -0.386 e. The molecule has 10 atom stereocenters. The average molecular weight is 732 g/mol. The molecule has 296 valence electrons. The minimum atomic E-state index is -0.875. The van der Waals surface area contributed by atoms with Gasteiger partial charge in [0, 0.05) is 27.8 Å². The van der Waals surface area contributed by atoms with Gasteiger partial charge in [-0.15, -0.1) is 0 Å². The van der Waals surface area contributed by atoms with Crippen molar-refractivity contribution in [3.8, 4) is 0 Å². The Balaban J connectivity index is 2.26. The van der Waals surface area contributed by atoms with Crippen LogP contribution in [0, 0.1) is 23.7 Å². The summed E-state index contributed by atoms with van der Waals surface area (Å²) in [5, 5.41) is 19.9. The first-order valence-corrected chi connectivity index (χ1v) is 19.2. The van der Waals surface area contributed by atoms with Gasteiger partial charge in [0.15, 0.2) is 0 Å². The number of methoxy groups -OCH3 is 2. The number of carbonyl (C=O) groups is 4. The Morgan fingerprint density at radius 3 is 2.12 bits per heavy atom. The van der Waals surface area contributed by atoms with E-state index in [-0.39, 0.29) is 53.8 Å². The number of nitrogens with one attached hydrogen (secondary N) is 3. The molecule has 1 fully saturated rings. The van der Waals surface area contributed by atoms with Crippen LogP contribution in [0.1, 0.15) is 99.2 Å². The van der Waals surface area contributed by atoms with Crippen LogP contribution in [-0.2, 0) is 28.7 Å². The number of likely N-dealkylation sites (tertiary alicyclic amines) is 1. The highest BCUT2D eigenvalue weighted by atomic mass is 16.5. The number of hydrogen-bond acceptors (Lipinski definition) is 8. The van der Waals surface area contributed by atoms with Gasteiger partial charge in [0.2, 0.25) is 23.6 Å². The lowest BCUT2D eigenvalue weighted by atomic mass is 9.89. The highest BCUT2D eigenvalue weighted by molar-refractivity contribution is 5.90. The van der Waals surface area contributed by atoms with Gasteiger partial charge in [0.25, 0.3) is 0 Å². The highest BCUT2D eigenvalue weighted by Gasteiger charge is 2.43. The molecule has 52 heavy (non-hydrogen) atoms. The number of hydrogen-bond donors (Lipinski definition) is 4. The third-order valence-corrected chi connectivity index (χ3v) is 10.8. The van der Waals surface area contributed by atoms with E-state index in [2.05, 4.69) is 16.0 Å². The van der Waals surface area contributed by atoms with Crippen LogP contribution in [-0.4, -0.2) is 116 Å². The molecule has 12 nitrogen and oxygen atoms in total. The van der Waals surface area contributed by atoms with Crippen LogP contribution in [0.25, 0.3) is 0 Å². The van der Waals surface area contributed by atoms with Crippen LogP contribution >= 0.6 is 0 Å². The SMILES string of the molecule is CC[C@H](C)[C@@H]([C@@H](CC(=O)N1CCCC1[C@H](OC)[C@@H](C)C(=O)N[C@H](C)[C@@H](O)c1ccccc1)OC)N(C)C(=O)[C@H](CC(C)C)NC(=O)[C@@H](NC)C(C)C. The molecule has 1 aliphatic rings. The third kappa shape index (κ3) is 12.0. The number of rotatable bonds is 21. The second kappa shape index (κ2) is 21.6. The second-order valence-corrected chi connectivity index (χ2v) is 15.4. The van der Waals surface area contributed by atoms with Crippen molar-refractivity contribution < 1.29 is 33.8 Å². The van der Waals surface area contributed by atoms with Crippen molar-refractivity contribution in [3.05, 3.63) is 35.9 Å². The van der Waals surface area contributed by atoms with Crippen LogP contribution in [0.4, 0.5) is 0 Å². The zero-order valence-electron chi connectivity index (χ0n) is 33.8. The van der Waals surface area contributed by atoms with Gasteiger partial charge in [0.1, 0.15) is 6.04 Å². The maximum absolute atomic E-state index is 14.2. The first-order valence-electron chi connectivity index (χ1n) is 19.2. The van der Waals surface area contributed by atoms with Crippen molar-refractivity contribution in [1.82, 2.24) is 25.8 Å². The molecule has 12 heteroatoms. The van der Waals surface area contributed by atoms with Gasteiger partial charge in [0.05, 0.1) is 54.8 Å². The Morgan fingerprint density at radius 2 is 1.60 bits per heavy atom. The Kier molecular flexibility index (Phi) is 18.7. The highest BCUT2D eigenvalue weighted by Crippen LogP contribution is 2.30. The number of nitrogens with zero attached hydrogens (tertiary/aromatic N) is 2. The number of likely N-dealkylation sites (N-methyl/N-ethyl adjacent to an activating group) is 2. The predicted octanol–water partition coefficient (Wildman–Crippen LogP) is 3.92. The van der Waals surface area contributed by atoms with Crippen molar-refractivity contribution in [2.24, 2.45) is 23.7 Å². The second-order valence-electron chi connectivity index (χ2n) is 15.4. The van der Waals surface area contributed by atoms with Gasteiger partial charge in [-0.05, 0) is 56.6 Å². The Bertz CT molecular complexity index is 1260. The van der Waals surface area contributed by atoms with Gasteiger partial charge in [-0.3, -0.25) is 19.2 Å². The minimum absolute atomic E-state index is 0.0131. The van der Waals surface area contributed by atoms with E-state index in [1.165, 1.54) is 0 Å². The summed E-state index contributed by atoms with van der Waals surface area (Å²) >= 11 is 0. The number of ether oxygens (including phenoxy) is 2. The summed E-state index contributed by atoms with van der Waals surface area (Å²) < 4.78 is 11.9. The van der Waals surface area contributed by atoms with Gasteiger partial charge < -0.3 is 40.3 Å². The van der Waals surface area contributed by atoms with Gasteiger partial charge in [-0.1, -0.05) is 85.2 Å². The normalized spacial score (nSPS) is 20.0. The van der Waals surface area contributed by atoms with Gasteiger partial charge in [-0.2, -0.15) is 0 Å². The quantitative estimate of drug-likeness (QED) is 0.149. The molecule has 1 aromatic carbocycles. The molecule has 1 aromatic rings. The summed E-state index contributed by atoms with van der Waals surface area (Å²) in [5.41, 5.74) is 0.711. The first kappa shape index (κ1) is 45.1. The van der Waals surface area contributed by atoms with Gasteiger partial charge >= 0.3 is 0 Å². The monoisotopic (exact) mass is 732 g/mol. The Hall–Kier alpha value is -3.06. The summed E-state index contributed by atoms with van der Waals surface area (Å²) in [6, 6.07) is 6.70. The lowest BCUT2D eigenvalue weighted by Gasteiger charge is -2.40. The zero-order valence-corrected chi connectivity index (χ0v) is 33.8. The molecule has 0 spiro atoms. The van der Waals surface area contributed by atoms with Crippen molar-refractivity contribution >= 4 is 23.6 Å². The van der Waals surface area contributed by atoms with Crippen molar-refractivity contribution in [2.45, 2.75) is 136 Å². The van der Waals surface area contributed by atoms with E-state index in [9.17, 15) is 24.3 Å². The Morgan fingerprint density at radius 1 is 0.962 bits per heavy atom. The average Bonchev–Trinajstić information content (AvgIpc) is 3.60. The standard InChI is InChI=1S/C40H69N5O7/c1-13-26(6)35(44(10)40(50)30(22-24(2)3)43-39(49)34(41-9)25(4)5)32(51-11)23-33(46)45-21-17-20-31(45)37(52-12)27(7)38(48)42-28(8)36(47)29-18-15-14-16-19-29/h14-16,18-19,24-28,30-32,34-37,41,47H,13,17,20-23H2,1-12H3,(H,42,48)(H,43,49)/t26-,27+,28+,30-,31?,32+,34-,35-,36+,37+/m0/s1. The topological polar surface area (TPSA) is 150 Å². The zero-order chi connectivity index (χ0) is 39.3. The molecule has 1 saturated heterocycles. The summed E-state index contributed by atoms with van der Waals surface area (Å²) in [4.78, 5) is 58.6. The first-order chi connectivity index (χ1) is 24.5. The molecule has 0 radical (unpaired) electrons. The fraction of sp³-hybridized carbons (Fsp3) is 0.750. The number of carbonyl (C=O) groups excluding carboxylic acids is 4.